The molecule has 0 spiro atoms. The third kappa shape index (κ3) is 3.05. The van der Waals surface area contributed by atoms with Gasteiger partial charge in [-0.25, -0.2) is 4.79 Å². The number of benzene rings is 1. The standard InChI is InChI=1S/C11H10BrNO3/c1-16-10(11(14)15)5-8-4-7(6-13)2-3-9(8)12/h2-4,10H,5H2,1H3,(H,14,15). The summed E-state index contributed by atoms with van der Waals surface area (Å²) in [5.41, 5.74) is 1.24. The number of rotatable bonds is 4. The van der Waals surface area contributed by atoms with Gasteiger partial charge >= 0.3 is 5.97 Å². The minimum Gasteiger partial charge on any atom is -0.479 e. The fourth-order valence-corrected chi connectivity index (χ4v) is 1.68. The second kappa shape index (κ2) is 5.64. The first-order valence-corrected chi connectivity index (χ1v) is 5.32. The second-order valence-electron chi connectivity index (χ2n) is 3.18. The number of hydrogen-bond donors (Lipinski definition) is 1. The van der Waals surface area contributed by atoms with Crippen LogP contribution in [-0.2, 0) is 16.0 Å². The molecule has 4 nitrogen and oxygen atoms in total. The van der Waals surface area contributed by atoms with E-state index < -0.39 is 12.1 Å². The first kappa shape index (κ1) is 12.7. The van der Waals surface area contributed by atoms with Crippen LogP contribution in [0.5, 0.6) is 0 Å². The van der Waals surface area contributed by atoms with Gasteiger partial charge in [-0.3, -0.25) is 0 Å². The number of nitriles is 1. The van der Waals surface area contributed by atoms with Gasteiger partial charge in [-0.15, -0.1) is 0 Å². The Hall–Kier alpha value is -1.38. The van der Waals surface area contributed by atoms with E-state index in [-0.39, 0.29) is 6.42 Å². The molecule has 0 saturated heterocycles. The first-order valence-electron chi connectivity index (χ1n) is 4.52. The number of nitrogens with zero attached hydrogens (tertiary/aromatic N) is 1. The van der Waals surface area contributed by atoms with Crippen molar-refractivity contribution in [3.63, 3.8) is 0 Å². The van der Waals surface area contributed by atoms with Crippen LogP contribution < -0.4 is 0 Å². The molecule has 1 aromatic carbocycles. The third-order valence-electron chi connectivity index (χ3n) is 2.14. The average molecular weight is 284 g/mol. The molecule has 0 heterocycles. The summed E-state index contributed by atoms with van der Waals surface area (Å²) < 4.78 is 5.61. The maximum absolute atomic E-state index is 10.8. The number of hydrogen-bond acceptors (Lipinski definition) is 3. The number of carbonyl (C=O) groups is 1. The highest BCUT2D eigenvalue weighted by molar-refractivity contribution is 9.10. The summed E-state index contributed by atoms with van der Waals surface area (Å²) in [5.74, 6) is -1.02. The van der Waals surface area contributed by atoms with Crippen molar-refractivity contribution in [3.05, 3.63) is 33.8 Å². The topological polar surface area (TPSA) is 70.3 Å². The molecule has 0 aliphatic heterocycles. The lowest BCUT2D eigenvalue weighted by molar-refractivity contribution is -0.148. The summed E-state index contributed by atoms with van der Waals surface area (Å²) in [6, 6.07) is 7.05. The van der Waals surface area contributed by atoms with Gasteiger partial charge in [-0.05, 0) is 23.8 Å². The van der Waals surface area contributed by atoms with Gasteiger partial charge in [0.05, 0.1) is 11.6 Å². The molecule has 0 bridgehead atoms. The molecule has 16 heavy (non-hydrogen) atoms. The van der Waals surface area contributed by atoms with Gasteiger partial charge in [0.15, 0.2) is 6.10 Å². The molecular formula is C11H10BrNO3. The van der Waals surface area contributed by atoms with E-state index in [4.69, 9.17) is 15.1 Å². The van der Waals surface area contributed by atoms with Crippen LogP contribution in [-0.4, -0.2) is 24.3 Å². The van der Waals surface area contributed by atoms with Gasteiger partial charge < -0.3 is 9.84 Å². The first-order chi connectivity index (χ1) is 7.58. The van der Waals surface area contributed by atoms with E-state index in [1.165, 1.54) is 7.11 Å². The Kier molecular flexibility index (Phi) is 4.47. The van der Waals surface area contributed by atoms with Crippen LogP contribution in [0.3, 0.4) is 0 Å². The molecule has 1 atom stereocenters. The van der Waals surface area contributed by atoms with Crippen molar-refractivity contribution in [2.24, 2.45) is 0 Å². The second-order valence-corrected chi connectivity index (χ2v) is 4.04. The Morgan fingerprint density at radius 3 is 2.88 bits per heavy atom. The van der Waals surface area contributed by atoms with E-state index in [1.807, 2.05) is 6.07 Å². The maximum atomic E-state index is 10.8. The van der Waals surface area contributed by atoms with Crippen LogP contribution in [0.15, 0.2) is 22.7 Å². The lowest BCUT2D eigenvalue weighted by Crippen LogP contribution is -2.25. The molecule has 0 radical (unpaired) electrons. The smallest absolute Gasteiger partial charge is 0.333 e. The fraction of sp³-hybridized carbons (Fsp3) is 0.273. The molecule has 0 aliphatic rings. The fourth-order valence-electron chi connectivity index (χ4n) is 1.27. The highest BCUT2D eigenvalue weighted by Gasteiger charge is 2.18. The number of halogens is 1. The van der Waals surface area contributed by atoms with E-state index >= 15 is 0 Å². The number of carboxylic acid groups (broad SMARTS) is 1. The maximum Gasteiger partial charge on any atom is 0.333 e. The Bertz CT molecular complexity index is 439. The zero-order chi connectivity index (χ0) is 12.1. The number of carboxylic acids is 1. The van der Waals surface area contributed by atoms with Crippen molar-refractivity contribution < 1.29 is 14.6 Å². The summed E-state index contributed by atoms with van der Waals surface area (Å²) in [5, 5.41) is 17.6. The van der Waals surface area contributed by atoms with Crippen molar-refractivity contribution in [3.8, 4) is 6.07 Å². The number of methoxy groups -OCH3 is 1. The normalized spacial score (nSPS) is 11.8. The van der Waals surface area contributed by atoms with Gasteiger partial charge in [0.1, 0.15) is 0 Å². The Morgan fingerprint density at radius 1 is 1.69 bits per heavy atom. The van der Waals surface area contributed by atoms with E-state index in [0.717, 1.165) is 10.0 Å². The van der Waals surface area contributed by atoms with Gasteiger partial charge in [0.25, 0.3) is 0 Å². The molecular weight excluding hydrogens is 274 g/mol. The predicted molar refractivity (Wildman–Crippen MR) is 61.0 cm³/mol. The molecule has 0 saturated carbocycles. The molecule has 1 aromatic rings. The molecule has 1 rings (SSSR count). The Morgan fingerprint density at radius 2 is 2.38 bits per heavy atom. The highest BCUT2D eigenvalue weighted by Crippen LogP contribution is 2.20. The molecule has 0 aliphatic carbocycles. The molecule has 1 N–H and O–H groups in total. The van der Waals surface area contributed by atoms with E-state index in [2.05, 4.69) is 15.9 Å². The SMILES string of the molecule is COC(Cc1cc(C#N)ccc1Br)C(=O)O. The zero-order valence-electron chi connectivity index (χ0n) is 8.61. The lowest BCUT2D eigenvalue weighted by Gasteiger charge is -2.11. The lowest BCUT2D eigenvalue weighted by atomic mass is 10.1. The van der Waals surface area contributed by atoms with E-state index in [0.29, 0.717) is 5.56 Å². The molecule has 5 heteroatoms. The summed E-state index contributed by atoms with van der Waals surface area (Å²) in [6.07, 6.45) is -0.674. The largest absolute Gasteiger partial charge is 0.479 e. The van der Waals surface area contributed by atoms with Crippen molar-refractivity contribution in [1.29, 1.82) is 5.26 Å². The average Bonchev–Trinajstić information content (AvgIpc) is 2.27. The van der Waals surface area contributed by atoms with Gasteiger partial charge in [0.2, 0.25) is 0 Å². The quantitative estimate of drug-likeness (QED) is 0.917. The summed E-state index contributed by atoms with van der Waals surface area (Å²) in [4.78, 5) is 10.8. The van der Waals surface area contributed by atoms with Crippen LogP contribution in [0, 0.1) is 11.3 Å². The van der Waals surface area contributed by atoms with E-state index in [1.54, 1.807) is 18.2 Å². The molecule has 84 valence electrons. The molecule has 0 amide bonds. The third-order valence-corrected chi connectivity index (χ3v) is 2.91. The van der Waals surface area contributed by atoms with Crippen molar-refractivity contribution in [1.82, 2.24) is 0 Å². The van der Waals surface area contributed by atoms with E-state index in [9.17, 15) is 4.79 Å². The van der Waals surface area contributed by atoms with Crippen LogP contribution >= 0.6 is 15.9 Å². The summed E-state index contributed by atoms with van der Waals surface area (Å²) >= 11 is 3.31. The molecule has 0 fully saturated rings. The number of ether oxygens (including phenoxy) is 1. The van der Waals surface area contributed by atoms with Crippen LogP contribution in [0.25, 0.3) is 0 Å². The van der Waals surface area contributed by atoms with Crippen LogP contribution in [0.1, 0.15) is 11.1 Å². The minimum atomic E-state index is -1.02. The van der Waals surface area contributed by atoms with Gasteiger partial charge in [0, 0.05) is 18.0 Å². The molecule has 0 aromatic heterocycles. The molecule has 1 unspecified atom stereocenters. The monoisotopic (exact) mass is 283 g/mol. The predicted octanol–water partition coefficient (Wildman–Crippen LogP) is 1.96. The zero-order valence-corrected chi connectivity index (χ0v) is 10.2. The van der Waals surface area contributed by atoms with Crippen molar-refractivity contribution >= 4 is 21.9 Å². The van der Waals surface area contributed by atoms with Gasteiger partial charge in [-0.2, -0.15) is 5.26 Å². The summed E-state index contributed by atoms with van der Waals surface area (Å²) in [6.45, 7) is 0. The van der Waals surface area contributed by atoms with Crippen LogP contribution in [0.2, 0.25) is 0 Å². The Labute approximate surface area is 102 Å². The minimum absolute atomic E-state index is 0.224. The Balaban J connectivity index is 2.96. The van der Waals surface area contributed by atoms with Gasteiger partial charge in [-0.1, -0.05) is 15.9 Å². The van der Waals surface area contributed by atoms with Crippen LogP contribution in [0.4, 0.5) is 0 Å². The highest BCUT2D eigenvalue weighted by atomic mass is 79.9. The van der Waals surface area contributed by atoms with Crippen molar-refractivity contribution in [2.75, 3.05) is 7.11 Å². The number of aliphatic carboxylic acids is 1. The summed E-state index contributed by atoms with van der Waals surface area (Å²) in [7, 11) is 1.35. The van der Waals surface area contributed by atoms with Crippen molar-refractivity contribution in [2.45, 2.75) is 12.5 Å².